The molecule has 3 rings (SSSR count). The van der Waals surface area contributed by atoms with E-state index in [-0.39, 0.29) is 24.4 Å². The van der Waals surface area contributed by atoms with Gasteiger partial charge in [-0.1, -0.05) is 36.4 Å². The number of carbonyl (C=O) groups is 3. The summed E-state index contributed by atoms with van der Waals surface area (Å²) in [6.45, 7) is 1.94. The second-order valence-electron chi connectivity index (χ2n) is 7.03. The van der Waals surface area contributed by atoms with Crippen LogP contribution in [0.25, 0.3) is 0 Å². The van der Waals surface area contributed by atoms with Crippen LogP contribution < -0.4 is 21.7 Å². The summed E-state index contributed by atoms with van der Waals surface area (Å²) < 4.78 is 0. The molecular formula is C24H24N4O3. The first-order chi connectivity index (χ1) is 14.9. The molecule has 0 spiro atoms. The SMILES string of the molecule is CC(NC(=O)c1ccc(NC(=O)CNc2cccc(C(N)=O)c2)cc1)c1ccccc1. The summed E-state index contributed by atoms with van der Waals surface area (Å²) >= 11 is 0. The molecule has 5 N–H and O–H groups in total. The molecule has 0 bridgehead atoms. The molecule has 7 nitrogen and oxygen atoms in total. The van der Waals surface area contributed by atoms with Crippen molar-refractivity contribution in [3.8, 4) is 0 Å². The van der Waals surface area contributed by atoms with Gasteiger partial charge in [-0.3, -0.25) is 14.4 Å². The third kappa shape index (κ3) is 6.17. The van der Waals surface area contributed by atoms with E-state index in [0.717, 1.165) is 5.56 Å². The number of nitrogens with one attached hydrogen (secondary N) is 3. The van der Waals surface area contributed by atoms with Crippen LogP contribution in [0, 0.1) is 0 Å². The Morgan fingerprint density at radius 3 is 2.23 bits per heavy atom. The zero-order valence-electron chi connectivity index (χ0n) is 17.1. The molecule has 0 aromatic heterocycles. The fourth-order valence-electron chi connectivity index (χ4n) is 2.98. The van der Waals surface area contributed by atoms with Gasteiger partial charge in [0, 0.05) is 22.5 Å². The van der Waals surface area contributed by atoms with Crippen molar-refractivity contribution in [1.29, 1.82) is 0 Å². The molecule has 0 fully saturated rings. The molecule has 7 heteroatoms. The topological polar surface area (TPSA) is 113 Å². The Balaban J connectivity index is 1.51. The van der Waals surface area contributed by atoms with E-state index in [2.05, 4.69) is 16.0 Å². The second kappa shape index (κ2) is 10.1. The quantitative estimate of drug-likeness (QED) is 0.451. The molecule has 0 saturated heterocycles. The Morgan fingerprint density at radius 1 is 0.839 bits per heavy atom. The second-order valence-corrected chi connectivity index (χ2v) is 7.03. The van der Waals surface area contributed by atoms with Crippen LogP contribution in [0.15, 0.2) is 78.9 Å². The van der Waals surface area contributed by atoms with Gasteiger partial charge in [0.1, 0.15) is 0 Å². The summed E-state index contributed by atoms with van der Waals surface area (Å²) in [5.41, 5.74) is 8.33. The third-order valence-corrected chi connectivity index (χ3v) is 4.68. The minimum absolute atomic E-state index is 0.0129. The molecule has 158 valence electrons. The Morgan fingerprint density at radius 2 is 1.55 bits per heavy atom. The van der Waals surface area contributed by atoms with E-state index >= 15 is 0 Å². The number of carbonyl (C=O) groups excluding carboxylic acids is 3. The van der Waals surface area contributed by atoms with Gasteiger partial charge in [-0.05, 0) is 55.0 Å². The van der Waals surface area contributed by atoms with Gasteiger partial charge < -0.3 is 21.7 Å². The van der Waals surface area contributed by atoms with Crippen LogP contribution in [0.1, 0.15) is 39.2 Å². The summed E-state index contributed by atoms with van der Waals surface area (Å²) in [5, 5.41) is 8.65. The first kappa shape index (κ1) is 21.6. The first-order valence-electron chi connectivity index (χ1n) is 9.82. The predicted octanol–water partition coefficient (Wildman–Crippen LogP) is 3.33. The molecule has 0 aliphatic carbocycles. The van der Waals surface area contributed by atoms with E-state index in [1.54, 1.807) is 48.5 Å². The Kier molecular flexibility index (Phi) is 7.01. The first-order valence-corrected chi connectivity index (χ1v) is 9.82. The van der Waals surface area contributed by atoms with Crippen LogP contribution in [0.3, 0.4) is 0 Å². The summed E-state index contributed by atoms with van der Waals surface area (Å²) in [4.78, 5) is 35.9. The minimum atomic E-state index is -0.532. The number of benzene rings is 3. The Labute approximate surface area is 180 Å². The van der Waals surface area contributed by atoms with Crippen molar-refractivity contribution < 1.29 is 14.4 Å². The fraction of sp³-hybridized carbons (Fsp3) is 0.125. The molecule has 1 atom stereocenters. The average Bonchev–Trinajstić information content (AvgIpc) is 2.79. The number of hydrogen-bond donors (Lipinski definition) is 4. The summed E-state index contributed by atoms with van der Waals surface area (Å²) in [6, 6.07) is 22.9. The van der Waals surface area contributed by atoms with Crippen LogP contribution in [0.5, 0.6) is 0 Å². The van der Waals surface area contributed by atoms with Gasteiger partial charge in [0.2, 0.25) is 11.8 Å². The number of amides is 3. The highest BCUT2D eigenvalue weighted by Crippen LogP contribution is 2.14. The monoisotopic (exact) mass is 416 g/mol. The van der Waals surface area contributed by atoms with E-state index in [0.29, 0.717) is 22.5 Å². The third-order valence-electron chi connectivity index (χ3n) is 4.68. The van der Waals surface area contributed by atoms with E-state index in [1.807, 2.05) is 37.3 Å². The number of primary amides is 1. The van der Waals surface area contributed by atoms with Gasteiger partial charge in [-0.15, -0.1) is 0 Å². The van der Waals surface area contributed by atoms with Gasteiger partial charge in [0.25, 0.3) is 5.91 Å². The van der Waals surface area contributed by atoms with Crippen molar-refractivity contribution in [1.82, 2.24) is 5.32 Å². The number of rotatable bonds is 8. The van der Waals surface area contributed by atoms with Gasteiger partial charge in [0.15, 0.2) is 0 Å². The maximum atomic E-state index is 12.5. The van der Waals surface area contributed by atoms with Gasteiger partial charge in [-0.25, -0.2) is 0 Å². The van der Waals surface area contributed by atoms with Crippen LogP contribution in [0.2, 0.25) is 0 Å². The van der Waals surface area contributed by atoms with Crippen LogP contribution >= 0.6 is 0 Å². The minimum Gasteiger partial charge on any atom is -0.376 e. The van der Waals surface area contributed by atoms with Crippen LogP contribution in [-0.2, 0) is 4.79 Å². The maximum absolute atomic E-state index is 12.5. The number of nitrogens with two attached hydrogens (primary N) is 1. The van der Waals surface area contributed by atoms with Crippen molar-refractivity contribution in [2.45, 2.75) is 13.0 Å². The Bertz CT molecular complexity index is 1070. The molecule has 0 radical (unpaired) electrons. The predicted molar refractivity (Wildman–Crippen MR) is 121 cm³/mol. The summed E-state index contributed by atoms with van der Waals surface area (Å²) in [6.07, 6.45) is 0. The number of anilines is 2. The molecule has 3 amide bonds. The van der Waals surface area contributed by atoms with Crippen molar-refractivity contribution in [3.05, 3.63) is 95.6 Å². The zero-order valence-corrected chi connectivity index (χ0v) is 17.1. The summed E-state index contributed by atoms with van der Waals surface area (Å²) in [5.74, 6) is -0.986. The fourth-order valence-corrected chi connectivity index (χ4v) is 2.98. The van der Waals surface area contributed by atoms with E-state index in [4.69, 9.17) is 5.73 Å². The highest BCUT2D eigenvalue weighted by molar-refractivity contribution is 5.97. The van der Waals surface area contributed by atoms with Gasteiger partial charge >= 0.3 is 0 Å². The molecule has 0 aliphatic heterocycles. The molecule has 0 aliphatic rings. The van der Waals surface area contributed by atoms with Crippen molar-refractivity contribution in [3.63, 3.8) is 0 Å². The maximum Gasteiger partial charge on any atom is 0.251 e. The lowest BCUT2D eigenvalue weighted by molar-refractivity contribution is -0.114. The Hall–Kier alpha value is -4.13. The molecular weight excluding hydrogens is 392 g/mol. The lowest BCUT2D eigenvalue weighted by atomic mass is 10.1. The van der Waals surface area contributed by atoms with E-state index < -0.39 is 5.91 Å². The van der Waals surface area contributed by atoms with E-state index in [9.17, 15) is 14.4 Å². The average molecular weight is 416 g/mol. The largest absolute Gasteiger partial charge is 0.376 e. The number of hydrogen-bond acceptors (Lipinski definition) is 4. The summed E-state index contributed by atoms with van der Waals surface area (Å²) in [7, 11) is 0. The molecule has 0 saturated carbocycles. The zero-order chi connectivity index (χ0) is 22.2. The van der Waals surface area contributed by atoms with Crippen molar-refractivity contribution in [2.75, 3.05) is 17.2 Å². The van der Waals surface area contributed by atoms with Gasteiger partial charge in [0.05, 0.1) is 12.6 Å². The molecule has 0 heterocycles. The highest BCUT2D eigenvalue weighted by atomic mass is 16.2. The molecule has 3 aromatic rings. The van der Waals surface area contributed by atoms with Gasteiger partial charge in [-0.2, -0.15) is 0 Å². The highest BCUT2D eigenvalue weighted by Gasteiger charge is 2.11. The lowest BCUT2D eigenvalue weighted by Gasteiger charge is -2.14. The smallest absolute Gasteiger partial charge is 0.251 e. The van der Waals surface area contributed by atoms with Crippen LogP contribution in [-0.4, -0.2) is 24.3 Å². The normalized spacial score (nSPS) is 11.3. The molecule has 3 aromatic carbocycles. The lowest BCUT2D eigenvalue weighted by Crippen LogP contribution is -2.26. The standard InChI is InChI=1S/C24H24N4O3/c1-16(17-6-3-2-4-7-17)27-24(31)18-10-12-20(13-11-18)28-22(29)15-26-21-9-5-8-19(14-21)23(25)30/h2-14,16,26H,15H2,1H3,(H2,25,30)(H,27,31)(H,28,29). The van der Waals surface area contributed by atoms with Crippen molar-refractivity contribution in [2.24, 2.45) is 5.73 Å². The van der Waals surface area contributed by atoms with Crippen LogP contribution in [0.4, 0.5) is 11.4 Å². The van der Waals surface area contributed by atoms with E-state index in [1.165, 1.54) is 0 Å². The molecule has 31 heavy (non-hydrogen) atoms. The molecule has 1 unspecified atom stereocenters. The van der Waals surface area contributed by atoms with Crippen molar-refractivity contribution >= 4 is 29.1 Å².